The second kappa shape index (κ2) is 3.74. The molecule has 0 radical (unpaired) electrons. The highest BCUT2D eigenvalue weighted by molar-refractivity contribution is 7.85. The number of halogens is 2. The van der Waals surface area contributed by atoms with Crippen LogP contribution in [0.5, 0.6) is 0 Å². The Morgan fingerprint density at radius 1 is 1.50 bits per heavy atom. The molecule has 0 aliphatic carbocycles. The van der Waals surface area contributed by atoms with E-state index in [4.69, 9.17) is 4.74 Å². The normalized spacial score (nSPS) is 22.0. The lowest BCUT2D eigenvalue weighted by atomic mass is 10.3. The van der Waals surface area contributed by atoms with Gasteiger partial charge in [-0.2, -0.15) is 0 Å². The number of hydrogen-bond acceptors (Lipinski definition) is 2. The van der Waals surface area contributed by atoms with Crippen molar-refractivity contribution in [3.8, 4) is 0 Å². The first-order valence-electron chi connectivity index (χ1n) is 4.12. The predicted molar refractivity (Wildman–Crippen MR) is 47.4 cm³/mol. The Bertz CT molecular complexity index is 377. The van der Waals surface area contributed by atoms with Crippen LogP contribution in [0.1, 0.15) is 0 Å². The molecule has 1 aliphatic rings. The van der Waals surface area contributed by atoms with Crippen molar-refractivity contribution in [3.63, 3.8) is 0 Å². The molecule has 0 amide bonds. The molecule has 0 spiro atoms. The van der Waals surface area contributed by atoms with Gasteiger partial charge >= 0.3 is 0 Å². The summed E-state index contributed by atoms with van der Waals surface area (Å²) >= 11 is 0. The van der Waals surface area contributed by atoms with Gasteiger partial charge in [-0.05, 0) is 18.2 Å². The summed E-state index contributed by atoms with van der Waals surface area (Å²) in [5.74, 6) is -0.975. The van der Waals surface area contributed by atoms with Crippen molar-refractivity contribution >= 4 is 10.8 Å². The third kappa shape index (κ3) is 2.16. The van der Waals surface area contributed by atoms with E-state index in [1.54, 1.807) is 0 Å². The number of hydrogen-bond donors (Lipinski definition) is 0. The predicted octanol–water partition coefficient (Wildman–Crippen LogP) is 1.47. The highest BCUT2D eigenvalue weighted by Gasteiger charge is 2.26. The van der Waals surface area contributed by atoms with Crippen molar-refractivity contribution in [2.45, 2.75) is 11.0 Å². The number of benzene rings is 1. The molecule has 0 bridgehead atoms. The van der Waals surface area contributed by atoms with Crippen LogP contribution in [-0.2, 0) is 15.5 Å². The first kappa shape index (κ1) is 9.73. The van der Waals surface area contributed by atoms with Crippen molar-refractivity contribution in [1.29, 1.82) is 0 Å². The lowest BCUT2D eigenvalue weighted by Crippen LogP contribution is -2.06. The molecule has 14 heavy (non-hydrogen) atoms. The highest BCUT2D eigenvalue weighted by Crippen LogP contribution is 2.18. The summed E-state index contributed by atoms with van der Waals surface area (Å²) in [6.45, 7) is 0.558. The van der Waals surface area contributed by atoms with Gasteiger partial charge in [0.25, 0.3) is 0 Å². The van der Waals surface area contributed by atoms with E-state index in [-0.39, 0.29) is 16.8 Å². The lowest BCUT2D eigenvalue weighted by molar-refractivity contribution is 0.424. The topological polar surface area (TPSA) is 29.6 Å². The van der Waals surface area contributed by atoms with Crippen molar-refractivity contribution in [2.75, 3.05) is 12.4 Å². The van der Waals surface area contributed by atoms with Gasteiger partial charge in [-0.1, -0.05) is 0 Å². The molecule has 2 rings (SSSR count). The maximum atomic E-state index is 13.1. The average Bonchev–Trinajstić information content (AvgIpc) is 2.93. The zero-order valence-electron chi connectivity index (χ0n) is 7.20. The summed E-state index contributed by atoms with van der Waals surface area (Å²) < 4.78 is 42.2. The summed E-state index contributed by atoms with van der Waals surface area (Å²) in [6.07, 6.45) is -0.0569. The first-order chi connectivity index (χ1) is 6.66. The Hall–Kier alpha value is -0.810. The quantitative estimate of drug-likeness (QED) is 0.719. The second-order valence-corrected chi connectivity index (χ2v) is 4.51. The molecule has 5 heteroatoms. The Balaban J connectivity index is 2.20. The summed E-state index contributed by atoms with van der Waals surface area (Å²) in [5.41, 5.74) is 0. The molecule has 1 heterocycles. The summed E-state index contributed by atoms with van der Waals surface area (Å²) in [6, 6.07) is 2.95. The molecule has 2 atom stereocenters. The van der Waals surface area contributed by atoms with Crippen LogP contribution in [0.3, 0.4) is 0 Å². The van der Waals surface area contributed by atoms with Gasteiger partial charge in [0, 0.05) is 0 Å². The van der Waals surface area contributed by atoms with Gasteiger partial charge in [0.15, 0.2) is 0 Å². The fourth-order valence-corrected chi connectivity index (χ4v) is 2.31. The van der Waals surface area contributed by atoms with E-state index in [2.05, 4.69) is 0 Å². The average molecular weight is 218 g/mol. The molecule has 76 valence electrons. The van der Waals surface area contributed by atoms with Gasteiger partial charge in [-0.15, -0.1) is 0 Å². The van der Waals surface area contributed by atoms with E-state index < -0.39 is 22.4 Å². The van der Waals surface area contributed by atoms with Crippen LogP contribution in [0, 0.1) is 11.6 Å². The zero-order chi connectivity index (χ0) is 10.1. The standard InChI is InChI=1S/C9H8F2O2S/c10-6-1-2-8(11)9(3-6)14(12)5-7-4-13-7/h1-3,7H,4-5H2/t7-,14?/m1/s1. The van der Waals surface area contributed by atoms with E-state index in [0.717, 1.165) is 18.2 Å². The summed E-state index contributed by atoms with van der Waals surface area (Å²) in [4.78, 5) is -0.0829. The largest absolute Gasteiger partial charge is 0.372 e. The molecule has 0 N–H and O–H groups in total. The van der Waals surface area contributed by atoms with E-state index in [9.17, 15) is 13.0 Å². The third-order valence-electron chi connectivity index (χ3n) is 1.88. The highest BCUT2D eigenvalue weighted by atomic mass is 32.2. The first-order valence-corrected chi connectivity index (χ1v) is 5.44. The molecule has 1 saturated heterocycles. The van der Waals surface area contributed by atoms with Gasteiger partial charge in [-0.25, -0.2) is 8.78 Å². The number of ether oxygens (including phenoxy) is 1. The third-order valence-corrected chi connectivity index (χ3v) is 3.36. The van der Waals surface area contributed by atoms with Gasteiger partial charge in [0.1, 0.15) is 11.6 Å². The van der Waals surface area contributed by atoms with Crippen molar-refractivity contribution < 1.29 is 17.7 Å². The van der Waals surface area contributed by atoms with Crippen LogP contribution in [0.15, 0.2) is 23.1 Å². The minimum atomic E-state index is -1.51. The zero-order valence-corrected chi connectivity index (χ0v) is 8.02. The van der Waals surface area contributed by atoms with Gasteiger partial charge in [0.05, 0.1) is 34.2 Å². The lowest BCUT2D eigenvalue weighted by Gasteiger charge is -2.01. The van der Waals surface area contributed by atoms with Crippen LogP contribution < -0.4 is 0 Å². The van der Waals surface area contributed by atoms with Crippen LogP contribution in [0.2, 0.25) is 0 Å². The Morgan fingerprint density at radius 2 is 2.21 bits per heavy atom. The van der Waals surface area contributed by atoms with E-state index in [0.29, 0.717) is 6.61 Å². The molecule has 1 fully saturated rings. The van der Waals surface area contributed by atoms with Gasteiger partial charge in [0.2, 0.25) is 0 Å². The summed E-state index contributed by atoms with van der Waals surface area (Å²) in [7, 11) is -1.51. The minimum Gasteiger partial charge on any atom is -0.372 e. The molecule has 0 aromatic heterocycles. The maximum absolute atomic E-state index is 13.1. The van der Waals surface area contributed by atoms with Crippen LogP contribution in [-0.4, -0.2) is 22.7 Å². The minimum absolute atomic E-state index is 0.0569. The van der Waals surface area contributed by atoms with Crippen LogP contribution in [0.4, 0.5) is 8.78 Å². The molecular weight excluding hydrogens is 210 g/mol. The molecule has 0 saturated carbocycles. The molecule has 1 unspecified atom stereocenters. The Labute approximate surface area is 82.3 Å². The molecule has 1 aliphatic heterocycles. The van der Waals surface area contributed by atoms with Crippen molar-refractivity contribution in [3.05, 3.63) is 29.8 Å². The van der Waals surface area contributed by atoms with Crippen molar-refractivity contribution in [1.82, 2.24) is 0 Å². The number of epoxide rings is 1. The van der Waals surface area contributed by atoms with Crippen LogP contribution >= 0.6 is 0 Å². The fourth-order valence-electron chi connectivity index (χ4n) is 1.07. The van der Waals surface area contributed by atoms with Gasteiger partial charge < -0.3 is 4.74 Å². The van der Waals surface area contributed by atoms with E-state index in [1.807, 2.05) is 0 Å². The second-order valence-electron chi connectivity index (χ2n) is 3.04. The fraction of sp³-hybridized carbons (Fsp3) is 0.333. The molecule has 2 nitrogen and oxygen atoms in total. The Kier molecular flexibility index (Phi) is 2.60. The number of rotatable bonds is 3. The van der Waals surface area contributed by atoms with Crippen LogP contribution in [0.25, 0.3) is 0 Å². The van der Waals surface area contributed by atoms with Crippen molar-refractivity contribution in [2.24, 2.45) is 0 Å². The smallest absolute Gasteiger partial charge is 0.139 e. The molecule has 1 aromatic carbocycles. The van der Waals surface area contributed by atoms with Gasteiger partial charge in [-0.3, -0.25) is 4.21 Å². The maximum Gasteiger partial charge on any atom is 0.139 e. The Morgan fingerprint density at radius 3 is 2.86 bits per heavy atom. The molecular formula is C9H8F2O2S. The molecule has 1 aromatic rings. The monoisotopic (exact) mass is 218 g/mol. The van der Waals surface area contributed by atoms with E-state index >= 15 is 0 Å². The van der Waals surface area contributed by atoms with E-state index in [1.165, 1.54) is 0 Å². The summed E-state index contributed by atoms with van der Waals surface area (Å²) in [5, 5.41) is 0. The SMILES string of the molecule is O=S(C[C@H]1CO1)c1cc(F)ccc1F.